The molecule has 7 nitrogen and oxygen atoms in total. The van der Waals surface area contributed by atoms with Gasteiger partial charge in [-0.25, -0.2) is 9.97 Å². The van der Waals surface area contributed by atoms with Gasteiger partial charge in [0.15, 0.2) is 0 Å². The van der Waals surface area contributed by atoms with Crippen LogP contribution in [0.4, 0.5) is 0 Å². The molecule has 0 spiro atoms. The molecule has 1 fully saturated rings. The number of likely N-dealkylation sites (tertiary alicyclic amines) is 1. The number of methoxy groups -OCH3 is 1. The Bertz CT molecular complexity index is 975. The van der Waals surface area contributed by atoms with Crippen LogP contribution in [0.15, 0.2) is 41.1 Å². The highest BCUT2D eigenvalue weighted by Gasteiger charge is 2.21. The van der Waals surface area contributed by atoms with Crippen LogP contribution in [0.3, 0.4) is 0 Å². The minimum Gasteiger partial charge on any atom is -0.467 e. The smallest absolute Gasteiger partial charge is 0.316 e. The largest absolute Gasteiger partial charge is 0.467 e. The van der Waals surface area contributed by atoms with Gasteiger partial charge in [-0.1, -0.05) is 12.1 Å². The van der Waals surface area contributed by atoms with Gasteiger partial charge >= 0.3 is 6.01 Å². The molecule has 1 aliphatic rings. The molecule has 0 radical (unpaired) electrons. The lowest BCUT2D eigenvalue weighted by Crippen LogP contribution is -2.38. The Labute approximate surface area is 170 Å². The van der Waals surface area contributed by atoms with Crippen molar-refractivity contribution in [2.75, 3.05) is 26.7 Å². The van der Waals surface area contributed by atoms with E-state index in [0.717, 1.165) is 49.2 Å². The van der Waals surface area contributed by atoms with Crippen LogP contribution in [0.25, 0.3) is 11.0 Å². The summed E-state index contributed by atoms with van der Waals surface area (Å²) in [6.45, 7) is 5.42. The predicted molar refractivity (Wildman–Crippen MR) is 110 cm³/mol. The van der Waals surface area contributed by atoms with Gasteiger partial charge in [0.25, 0.3) is 5.91 Å². The van der Waals surface area contributed by atoms with E-state index in [1.54, 1.807) is 7.11 Å². The number of aryl methyl sites for hydroxylation is 1. The van der Waals surface area contributed by atoms with Crippen molar-refractivity contribution in [3.05, 3.63) is 53.5 Å². The molecule has 1 aromatic carbocycles. The van der Waals surface area contributed by atoms with E-state index < -0.39 is 0 Å². The van der Waals surface area contributed by atoms with Gasteiger partial charge in [-0.05, 0) is 50.9 Å². The normalized spacial score (nSPS) is 15.5. The molecular weight excluding hydrogens is 368 g/mol. The second-order valence-corrected chi connectivity index (χ2v) is 7.59. The molecule has 0 unspecified atom stereocenters. The summed E-state index contributed by atoms with van der Waals surface area (Å²) >= 11 is 0. The zero-order valence-corrected chi connectivity index (χ0v) is 16.9. The zero-order valence-electron chi connectivity index (χ0n) is 16.9. The molecule has 0 saturated carbocycles. The van der Waals surface area contributed by atoms with Gasteiger partial charge in [0.2, 0.25) is 0 Å². The van der Waals surface area contributed by atoms with Gasteiger partial charge in [0, 0.05) is 36.4 Å². The first-order valence-corrected chi connectivity index (χ1v) is 9.97. The highest BCUT2D eigenvalue weighted by atomic mass is 16.5. The van der Waals surface area contributed by atoms with E-state index in [-0.39, 0.29) is 5.91 Å². The molecule has 4 rings (SSSR count). The Morgan fingerprint density at radius 1 is 1.28 bits per heavy atom. The number of rotatable bonds is 6. The number of para-hydroxylation sites is 1. The average molecular weight is 394 g/mol. The van der Waals surface area contributed by atoms with Crippen molar-refractivity contribution in [1.82, 2.24) is 20.2 Å². The van der Waals surface area contributed by atoms with Crippen molar-refractivity contribution in [1.29, 1.82) is 0 Å². The number of benzene rings is 1. The summed E-state index contributed by atoms with van der Waals surface area (Å²) in [5.74, 6) is 1.23. The molecule has 0 bridgehead atoms. The number of hydrogen-bond donors (Lipinski definition) is 1. The molecule has 0 aliphatic carbocycles. The van der Waals surface area contributed by atoms with E-state index >= 15 is 0 Å². The third-order valence-corrected chi connectivity index (χ3v) is 5.44. The molecule has 1 amide bonds. The molecule has 1 N–H and O–H groups in total. The number of ether oxygens (including phenoxy) is 1. The lowest BCUT2D eigenvalue weighted by Gasteiger charge is -2.31. The first kappa shape index (κ1) is 19.4. The maximum absolute atomic E-state index is 12.7. The van der Waals surface area contributed by atoms with Gasteiger partial charge in [-0.15, -0.1) is 0 Å². The van der Waals surface area contributed by atoms with Crippen LogP contribution in [0.2, 0.25) is 0 Å². The van der Waals surface area contributed by atoms with Crippen LogP contribution >= 0.6 is 0 Å². The number of furan rings is 1. The van der Waals surface area contributed by atoms with Gasteiger partial charge in [-0.2, -0.15) is 0 Å². The Morgan fingerprint density at radius 2 is 2.03 bits per heavy atom. The maximum Gasteiger partial charge on any atom is 0.316 e. The lowest BCUT2D eigenvalue weighted by molar-refractivity contribution is 0.0936. The fraction of sp³-hybridized carbons (Fsp3) is 0.409. The Morgan fingerprint density at radius 3 is 2.76 bits per heavy atom. The summed E-state index contributed by atoms with van der Waals surface area (Å²) in [7, 11) is 1.56. The molecule has 152 valence electrons. The summed E-state index contributed by atoms with van der Waals surface area (Å²) in [6.07, 6.45) is 5.74. The summed E-state index contributed by atoms with van der Waals surface area (Å²) in [5, 5.41) is 4.06. The highest BCUT2D eigenvalue weighted by Crippen LogP contribution is 2.23. The Kier molecular flexibility index (Phi) is 5.76. The molecule has 3 aromatic rings. The lowest BCUT2D eigenvalue weighted by atomic mass is 9.96. The SMILES string of the molecule is COc1ncc(CN2CCC(CNC(=O)c3cccc4cc(C)oc34)CC2)cn1. The average Bonchev–Trinajstić information content (AvgIpc) is 3.13. The molecule has 29 heavy (non-hydrogen) atoms. The highest BCUT2D eigenvalue weighted by molar-refractivity contribution is 6.04. The molecule has 1 saturated heterocycles. The first-order valence-electron chi connectivity index (χ1n) is 9.97. The molecule has 0 atom stereocenters. The molecule has 3 heterocycles. The zero-order chi connectivity index (χ0) is 20.2. The van der Waals surface area contributed by atoms with Crippen molar-refractivity contribution in [2.24, 2.45) is 5.92 Å². The summed E-state index contributed by atoms with van der Waals surface area (Å²) in [4.78, 5) is 23.4. The summed E-state index contributed by atoms with van der Waals surface area (Å²) < 4.78 is 10.7. The van der Waals surface area contributed by atoms with Crippen LogP contribution in [0, 0.1) is 12.8 Å². The van der Waals surface area contributed by atoms with Crippen LogP contribution < -0.4 is 10.1 Å². The quantitative estimate of drug-likeness (QED) is 0.692. The van der Waals surface area contributed by atoms with Crippen LogP contribution in [0.1, 0.15) is 34.5 Å². The molecule has 7 heteroatoms. The standard InChI is InChI=1S/C22H26N4O3/c1-15-10-18-4-3-5-19(20(18)29-15)21(27)23-11-16-6-8-26(9-7-16)14-17-12-24-22(28-2)25-13-17/h3-5,10,12-13,16H,6-9,11,14H2,1-2H3,(H,23,27). The van der Waals surface area contributed by atoms with E-state index in [0.29, 0.717) is 29.6 Å². The number of carbonyl (C=O) groups excluding carboxylic acids is 1. The van der Waals surface area contributed by atoms with E-state index in [1.807, 2.05) is 43.6 Å². The number of nitrogens with one attached hydrogen (secondary N) is 1. The van der Waals surface area contributed by atoms with E-state index in [1.165, 1.54) is 0 Å². The number of piperidine rings is 1. The second-order valence-electron chi connectivity index (χ2n) is 7.59. The van der Waals surface area contributed by atoms with Crippen LogP contribution in [-0.2, 0) is 6.54 Å². The number of amides is 1. The van der Waals surface area contributed by atoms with Crippen molar-refractivity contribution in [3.8, 4) is 6.01 Å². The Hall–Kier alpha value is -2.93. The van der Waals surface area contributed by atoms with Crippen molar-refractivity contribution in [3.63, 3.8) is 0 Å². The molecular formula is C22H26N4O3. The summed E-state index contributed by atoms with van der Waals surface area (Å²) in [5.41, 5.74) is 2.35. The first-order chi connectivity index (χ1) is 14.1. The maximum atomic E-state index is 12.7. The number of hydrogen-bond acceptors (Lipinski definition) is 6. The summed E-state index contributed by atoms with van der Waals surface area (Å²) in [6, 6.07) is 8.03. The monoisotopic (exact) mass is 394 g/mol. The number of nitrogens with zero attached hydrogens (tertiary/aromatic N) is 3. The topological polar surface area (TPSA) is 80.5 Å². The van der Waals surface area contributed by atoms with E-state index in [2.05, 4.69) is 20.2 Å². The van der Waals surface area contributed by atoms with Crippen molar-refractivity contribution >= 4 is 16.9 Å². The van der Waals surface area contributed by atoms with Crippen LogP contribution in [0.5, 0.6) is 6.01 Å². The third-order valence-electron chi connectivity index (χ3n) is 5.44. The van der Waals surface area contributed by atoms with Crippen molar-refractivity contribution < 1.29 is 13.9 Å². The van der Waals surface area contributed by atoms with E-state index in [4.69, 9.17) is 9.15 Å². The minimum atomic E-state index is -0.0669. The molecule has 2 aromatic heterocycles. The molecule has 1 aliphatic heterocycles. The van der Waals surface area contributed by atoms with Crippen molar-refractivity contribution in [2.45, 2.75) is 26.3 Å². The number of carbonyl (C=O) groups is 1. The van der Waals surface area contributed by atoms with Crippen LogP contribution in [-0.4, -0.2) is 47.5 Å². The fourth-order valence-corrected chi connectivity index (χ4v) is 3.84. The minimum absolute atomic E-state index is 0.0669. The third kappa shape index (κ3) is 4.56. The van der Waals surface area contributed by atoms with Gasteiger partial charge in [0.05, 0.1) is 12.7 Å². The van der Waals surface area contributed by atoms with Gasteiger partial charge in [0.1, 0.15) is 11.3 Å². The van der Waals surface area contributed by atoms with E-state index in [9.17, 15) is 4.79 Å². The number of aromatic nitrogens is 2. The second kappa shape index (κ2) is 8.61. The Balaban J connectivity index is 1.26. The fourth-order valence-electron chi connectivity index (χ4n) is 3.84. The van der Waals surface area contributed by atoms with Gasteiger partial charge in [-0.3, -0.25) is 9.69 Å². The number of fused-ring (bicyclic) bond motifs is 1. The van der Waals surface area contributed by atoms with Gasteiger partial charge < -0.3 is 14.5 Å². The predicted octanol–water partition coefficient (Wildman–Crippen LogP) is 3.18.